The van der Waals surface area contributed by atoms with E-state index in [4.69, 9.17) is 4.42 Å². The lowest BCUT2D eigenvalue weighted by Crippen LogP contribution is -2.32. The molecule has 6 nitrogen and oxygen atoms in total. The van der Waals surface area contributed by atoms with Crippen LogP contribution in [0.5, 0.6) is 5.75 Å². The van der Waals surface area contributed by atoms with Crippen molar-refractivity contribution in [2.75, 3.05) is 0 Å². The lowest BCUT2D eigenvalue weighted by molar-refractivity contribution is -0.122. The minimum Gasteiger partial charge on any atom is -0.435 e. The highest BCUT2D eigenvalue weighted by Gasteiger charge is 2.15. The van der Waals surface area contributed by atoms with Crippen molar-refractivity contribution < 1.29 is 22.7 Å². The molecule has 0 saturated heterocycles. The molecule has 0 saturated carbocycles. The van der Waals surface area contributed by atoms with Gasteiger partial charge in [-0.25, -0.2) is 4.79 Å². The first-order chi connectivity index (χ1) is 12.4. The summed E-state index contributed by atoms with van der Waals surface area (Å²) in [6.07, 6.45) is 0. The van der Waals surface area contributed by atoms with Crippen molar-refractivity contribution in [3.05, 3.63) is 64.6 Å². The van der Waals surface area contributed by atoms with Gasteiger partial charge in [-0.1, -0.05) is 24.3 Å². The fraction of sp³-hybridized carbons (Fsp3) is 0.222. The van der Waals surface area contributed by atoms with Gasteiger partial charge in [0.25, 0.3) is 0 Å². The number of para-hydroxylation sites is 2. The molecule has 3 aromatic rings. The van der Waals surface area contributed by atoms with Gasteiger partial charge in [-0.3, -0.25) is 9.36 Å². The molecule has 0 fully saturated rings. The summed E-state index contributed by atoms with van der Waals surface area (Å²) in [6.45, 7) is -1.43. The number of aromatic nitrogens is 1. The molecule has 0 spiro atoms. The van der Waals surface area contributed by atoms with E-state index in [0.29, 0.717) is 16.7 Å². The number of ether oxygens (including phenoxy) is 1. The number of carbonyl (C=O) groups excluding carboxylic acids is 1. The molecule has 0 aliphatic rings. The van der Waals surface area contributed by atoms with Crippen LogP contribution in [0.25, 0.3) is 11.1 Å². The van der Waals surface area contributed by atoms with Crippen LogP contribution in [0.4, 0.5) is 8.78 Å². The van der Waals surface area contributed by atoms with Crippen LogP contribution in [-0.4, -0.2) is 17.1 Å². The first kappa shape index (κ1) is 17.7. The van der Waals surface area contributed by atoms with Crippen LogP contribution < -0.4 is 15.8 Å². The SMILES string of the molecule is CC(NC(=O)Cn1c(=O)oc2ccccc21)c1cccc(OC(F)F)c1. The van der Waals surface area contributed by atoms with E-state index in [1.165, 1.54) is 16.7 Å². The standard InChI is InChI=1S/C18H16F2N2O4/c1-11(12-5-4-6-13(9-12)25-17(19)20)21-16(23)10-22-14-7-2-3-8-15(14)26-18(22)24/h2-9,11,17H,10H2,1H3,(H,21,23). The maximum atomic E-state index is 12.3. The largest absolute Gasteiger partial charge is 0.435 e. The Morgan fingerprint density at radius 1 is 1.23 bits per heavy atom. The monoisotopic (exact) mass is 362 g/mol. The average Bonchev–Trinajstić information content (AvgIpc) is 2.90. The van der Waals surface area contributed by atoms with E-state index >= 15 is 0 Å². The van der Waals surface area contributed by atoms with Crippen LogP contribution in [0.2, 0.25) is 0 Å². The Morgan fingerprint density at radius 2 is 2.00 bits per heavy atom. The molecule has 1 unspecified atom stereocenters. The molecule has 2 aromatic carbocycles. The maximum Gasteiger partial charge on any atom is 0.420 e. The number of fused-ring (bicyclic) bond motifs is 1. The van der Waals surface area contributed by atoms with Gasteiger partial charge < -0.3 is 14.5 Å². The highest BCUT2D eigenvalue weighted by atomic mass is 19.3. The number of amides is 1. The predicted octanol–water partition coefficient (Wildman–Crippen LogP) is 3.07. The average molecular weight is 362 g/mol. The third-order valence-electron chi connectivity index (χ3n) is 3.84. The van der Waals surface area contributed by atoms with Gasteiger partial charge in [-0.05, 0) is 36.8 Å². The topological polar surface area (TPSA) is 73.5 Å². The zero-order valence-corrected chi connectivity index (χ0v) is 13.8. The van der Waals surface area contributed by atoms with Gasteiger partial charge >= 0.3 is 12.4 Å². The molecule has 1 aromatic heterocycles. The minimum atomic E-state index is -2.92. The van der Waals surface area contributed by atoms with Gasteiger partial charge in [0.2, 0.25) is 5.91 Å². The van der Waals surface area contributed by atoms with Gasteiger partial charge in [-0.2, -0.15) is 8.78 Å². The maximum absolute atomic E-state index is 12.3. The van der Waals surface area contributed by atoms with Crippen molar-refractivity contribution in [1.29, 1.82) is 0 Å². The number of hydrogen-bond donors (Lipinski definition) is 1. The third kappa shape index (κ3) is 3.90. The van der Waals surface area contributed by atoms with Crippen LogP contribution >= 0.6 is 0 Å². The quantitative estimate of drug-likeness (QED) is 0.731. The van der Waals surface area contributed by atoms with Gasteiger partial charge in [0.05, 0.1) is 11.6 Å². The highest BCUT2D eigenvalue weighted by molar-refractivity contribution is 5.79. The van der Waals surface area contributed by atoms with E-state index in [1.807, 2.05) is 0 Å². The molecule has 1 atom stereocenters. The fourth-order valence-corrected chi connectivity index (χ4v) is 2.64. The van der Waals surface area contributed by atoms with Crippen LogP contribution in [-0.2, 0) is 11.3 Å². The number of alkyl halides is 2. The summed E-state index contributed by atoms with van der Waals surface area (Å²) in [4.78, 5) is 24.2. The Kier molecular flexibility index (Phi) is 5.01. The third-order valence-corrected chi connectivity index (χ3v) is 3.84. The zero-order valence-electron chi connectivity index (χ0n) is 13.8. The van der Waals surface area contributed by atoms with E-state index in [1.54, 1.807) is 43.3 Å². The number of carbonyl (C=O) groups is 1. The van der Waals surface area contributed by atoms with E-state index in [9.17, 15) is 18.4 Å². The van der Waals surface area contributed by atoms with Crippen LogP contribution in [0.3, 0.4) is 0 Å². The van der Waals surface area contributed by atoms with Crippen molar-refractivity contribution >= 4 is 17.0 Å². The van der Waals surface area contributed by atoms with E-state index in [0.717, 1.165) is 0 Å². The van der Waals surface area contributed by atoms with Crippen molar-refractivity contribution in [1.82, 2.24) is 9.88 Å². The van der Waals surface area contributed by atoms with Gasteiger partial charge in [-0.15, -0.1) is 0 Å². The fourth-order valence-electron chi connectivity index (χ4n) is 2.64. The number of halogens is 2. The van der Waals surface area contributed by atoms with Crippen molar-refractivity contribution in [2.24, 2.45) is 0 Å². The second-order valence-electron chi connectivity index (χ2n) is 5.66. The second-order valence-corrected chi connectivity index (χ2v) is 5.66. The Hall–Kier alpha value is -3.16. The molecule has 136 valence electrons. The number of benzene rings is 2. The molecule has 0 aliphatic heterocycles. The molecule has 1 N–H and O–H groups in total. The van der Waals surface area contributed by atoms with Crippen LogP contribution in [0.1, 0.15) is 18.5 Å². The molecule has 1 heterocycles. The molecular formula is C18H16F2N2O4. The molecule has 1 amide bonds. The minimum absolute atomic E-state index is 0.00986. The van der Waals surface area contributed by atoms with E-state index in [-0.39, 0.29) is 12.3 Å². The van der Waals surface area contributed by atoms with Crippen molar-refractivity contribution in [3.63, 3.8) is 0 Å². The number of hydrogen-bond acceptors (Lipinski definition) is 4. The summed E-state index contributed by atoms with van der Waals surface area (Å²) in [5.74, 6) is -1.02. The van der Waals surface area contributed by atoms with Crippen LogP contribution in [0.15, 0.2) is 57.7 Å². The molecule has 26 heavy (non-hydrogen) atoms. The number of nitrogens with one attached hydrogen (secondary N) is 1. The first-order valence-electron chi connectivity index (χ1n) is 7.86. The van der Waals surface area contributed by atoms with Gasteiger partial charge in [0.1, 0.15) is 12.3 Å². The molecule has 8 heteroatoms. The van der Waals surface area contributed by atoms with Gasteiger partial charge in [0.15, 0.2) is 5.58 Å². The lowest BCUT2D eigenvalue weighted by Gasteiger charge is -2.15. The van der Waals surface area contributed by atoms with Gasteiger partial charge in [0, 0.05) is 0 Å². The zero-order chi connectivity index (χ0) is 18.7. The normalized spacial score (nSPS) is 12.3. The Labute approximate surface area is 147 Å². The number of oxazole rings is 1. The second kappa shape index (κ2) is 7.38. The molecule has 0 aliphatic carbocycles. The summed E-state index contributed by atoms with van der Waals surface area (Å²) >= 11 is 0. The first-order valence-corrected chi connectivity index (χ1v) is 7.86. The van der Waals surface area contributed by atoms with E-state index < -0.39 is 24.3 Å². The smallest absolute Gasteiger partial charge is 0.420 e. The number of rotatable bonds is 6. The highest BCUT2D eigenvalue weighted by Crippen LogP contribution is 2.20. The van der Waals surface area contributed by atoms with Crippen LogP contribution in [0, 0.1) is 0 Å². The van der Waals surface area contributed by atoms with Crippen molar-refractivity contribution in [2.45, 2.75) is 26.1 Å². The molecule has 0 radical (unpaired) electrons. The summed E-state index contributed by atoms with van der Waals surface area (Å²) in [6, 6.07) is 12.4. The summed E-state index contributed by atoms with van der Waals surface area (Å²) in [7, 11) is 0. The molecule has 0 bridgehead atoms. The Bertz CT molecular complexity index is 980. The van der Waals surface area contributed by atoms with Crippen molar-refractivity contribution in [3.8, 4) is 5.75 Å². The Morgan fingerprint density at radius 3 is 2.77 bits per heavy atom. The predicted molar refractivity (Wildman–Crippen MR) is 90.1 cm³/mol. The molecule has 3 rings (SSSR count). The summed E-state index contributed by atoms with van der Waals surface area (Å²) in [5, 5.41) is 2.72. The lowest BCUT2D eigenvalue weighted by atomic mass is 10.1. The summed E-state index contributed by atoms with van der Waals surface area (Å²) in [5.41, 5.74) is 1.52. The Balaban J connectivity index is 1.71. The molecular weight excluding hydrogens is 346 g/mol. The summed E-state index contributed by atoms with van der Waals surface area (Å²) < 4.78 is 35.3. The van der Waals surface area contributed by atoms with E-state index in [2.05, 4.69) is 10.1 Å². The number of nitrogens with zero attached hydrogens (tertiary/aromatic N) is 1.